The van der Waals surface area contributed by atoms with E-state index in [0.717, 1.165) is 10.0 Å². The molecule has 0 unspecified atom stereocenters. The van der Waals surface area contributed by atoms with E-state index in [0.29, 0.717) is 17.9 Å². The summed E-state index contributed by atoms with van der Waals surface area (Å²) in [5, 5.41) is 5.35. The fourth-order valence-corrected chi connectivity index (χ4v) is 2.43. The largest absolute Gasteiger partial charge is 0.460 e. The number of carbonyl (C=O) groups excluding carboxylic acids is 2. The highest BCUT2D eigenvalue weighted by molar-refractivity contribution is 9.10. The third-order valence-corrected chi connectivity index (χ3v) is 3.74. The minimum Gasteiger partial charge on any atom is -0.460 e. The lowest BCUT2D eigenvalue weighted by Crippen LogP contribution is -2.45. The molecule has 1 aromatic carbocycles. The van der Waals surface area contributed by atoms with Crippen LogP contribution >= 0.6 is 15.9 Å². The summed E-state index contributed by atoms with van der Waals surface area (Å²) >= 11 is 3.36. The molecule has 1 heterocycles. The monoisotopic (exact) mass is 368 g/mol. The Kier molecular flexibility index (Phi) is 5.57. The number of halogens is 1. The van der Waals surface area contributed by atoms with Gasteiger partial charge in [-0.05, 0) is 24.6 Å². The zero-order valence-electron chi connectivity index (χ0n) is 12.3. The van der Waals surface area contributed by atoms with E-state index >= 15 is 0 Å². The fraction of sp³-hybridized carbons (Fsp3) is 0.333. The number of esters is 1. The van der Waals surface area contributed by atoms with Gasteiger partial charge in [-0.3, -0.25) is 0 Å². The highest BCUT2D eigenvalue weighted by atomic mass is 79.9. The van der Waals surface area contributed by atoms with E-state index in [1.54, 1.807) is 6.92 Å². The van der Waals surface area contributed by atoms with Gasteiger partial charge in [0, 0.05) is 17.3 Å². The number of carbonyl (C=O) groups is 2. The van der Waals surface area contributed by atoms with Gasteiger partial charge in [0.15, 0.2) is 0 Å². The minimum atomic E-state index is -0.545. The fourth-order valence-electron chi connectivity index (χ4n) is 2.17. The van der Waals surface area contributed by atoms with Crippen LogP contribution in [0.3, 0.4) is 0 Å². The van der Waals surface area contributed by atoms with Gasteiger partial charge in [-0.2, -0.15) is 0 Å². The first-order chi connectivity index (χ1) is 10.5. The van der Waals surface area contributed by atoms with Crippen LogP contribution in [0.2, 0.25) is 0 Å². The van der Waals surface area contributed by atoms with Gasteiger partial charge >= 0.3 is 12.0 Å². The Morgan fingerprint density at radius 3 is 2.59 bits per heavy atom. The van der Waals surface area contributed by atoms with Crippen LogP contribution in [0.4, 0.5) is 4.79 Å². The molecular weight excluding hydrogens is 352 g/mol. The molecule has 0 saturated carbocycles. The quantitative estimate of drug-likeness (QED) is 0.617. The molecule has 1 aromatic rings. The third-order valence-electron chi connectivity index (χ3n) is 3.21. The normalized spacial score (nSPS) is 17.8. The van der Waals surface area contributed by atoms with E-state index in [-0.39, 0.29) is 12.6 Å². The van der Waals surface area contributed by atoms with Crippen molar-refractivity contribution in [2.75, 3.05) is 20.3 Å². The first-order valence-corrected chi connectivity index (χ1v) is 7.52. The summed E-state index contributed by atoms with van der Waals surface area (Å²) in [6, 6.07) is 6.50. The van der Waals surface area contributed by atoms with Gasteiger partial charge in [0.2, 0.25) is 0 Å². The summed E-state index contributed by atoms with van der Waals surface area (Å²) < 4.78 is 11.0. The van der Waals surface area contributed by atoms with Crippen LogP contribution in [0, 0.1) is 0 Å². The minimum absolute atomic E-state index is 0.160. The van der Waals surface area contributed by atoms with Crippen LogP contribution in [-0.4, -0.2) is 32.3 Å². The zero-order chi connectivity index (χ0) is 16.1. The van der Waals surface area contributed by atoms with Crippen molar-refractivity contribution in [2.24, 2.45) is 0 Å². The van der Waals surface area contributed by atoms with Crippen molar-refractivity contribution in [2.45, 2.75) is 13.0 Å². The van der Waals surface area contributed by atoms with Crippen molar-refractivity contribution in [3.05, 3.63) is 45.6 Å². The van der Waals surface area contributed by atoms with Gasteiger partial charge in [-0.25, -0.2) is 9.59 Å². The van der Waals surface area contributed by atoms with Crippen LogP contribution < -0.4 is 10.6 Å². The molecule has 2 N–H and O–H groups in total. The van der Waals surface area contributed by atoms with Crippen molar-refractivity contribution in [1.29, 1.82) is 0 Å². The molecule has 0 radical (unpaired) electrons. The first-order valence-electron chi connectivity index (χ1n) is 6.72. The molecule has 2 rings (SSSR count). The molecular formula is C15H17BrN2O4. The van der Waals surface area contributed by atoms with E-state index in [9.17, 15) is 9.59 Å². The molecule has 0 aromatic heterocycles. The topological polar surface area (TPSA) is 76.7 Å². The standard InChI is InChI=1S/C15H17BrN2O4/c1-9-12(14(19)22-8-7-21-2)13(18-15(20)17-9)10-3-5-11(16)6-4-10/h3-6,13H,7-8H2,1-2H3,(H2,17,18,20)/t13-/m0/s1. The van der Waals surface area contributed by atoms with E-state index in [4.69, 9.17) is 9.47 Å². The Balaban J connectivity index is 2.28. The van der Waals surface area contributed by atoms with Crippen molar-refractivity contribution in [3.8, 4) is 0 Å². The number of allylic oxidation sites excluding steroid dienone is 1. The van der Waals surface area contributed by atoms with Gasteiger partial charge in [-0.15, -0.1) is 0 Å². The number of ether oxygens (including phenoxy) is 2. The second-order valence-corrected chi connectivity index (χ2v) is 5.67. The second-order valence-electron chi connectivity index (χ2n) is 4.75. The SMILES string of the molecule is COCCOC(=O)C1=C(C)NC(=O)N[C@H]1c1ccc(Br)cc1. The number of hydrogen-bond acceptors (Lipinski definition) is 4. The summed E-state index contributed by atoms with van der Waals surface area (Å²) in [7, 11) is 1.53. The molecule has 7 heteroatoms. The van der Waals surface area contributed by atoms with Gasteiger partial charge in [0.1, 0.15) is 6.61 Å². The van der Waals surface area contributed by atoms with Crippen LogP contribution in [0.1, 0.15) is 18.5 Å². The van der Waals surface area contributed by atoms with Crippen molar-refractivity contribution >= 4 is 27.9 Å². The summed E-state index contributed by atoms with van der Waals surface area (Å²) in [5.74, 6) is -0.477. The van der Waals surface area contributed by atoms with Crippen molar-refractivity contribution < 1.29 is 19.1 Å². The maximum atomic E-state index is 12.3. The molecule has 1 aliphatic heterocycles. The summed E-state index contributed by atoms with van der Waals surface area (Å²) in [4.78, 5) is 24.0. The molecule has 118 valence electrons. The van der Waals surface area contributed by atoms with E-state index in [2.05, 4.69) is 26.6 Å². The van der Waals surface area contributed by atoms with Crippen LogP contribution in [0.25, 0.3) is 0 Å². The Morgan fingerprint density at radius 2 is 1.95 bits per heavy atom. The number of amides is 2. The predicted molar refractivity (Wildman–Crippen MR) is 84.1 cm³/mol. The molecule has 1 aliphatic rings. The summed E-state index contributed by atoms with van der Waals surface area (Å²) in [6.07, 6.45) is 0. The molecule has 0 aliphatic carbocycles. The molecule has 2 amide bonds. The Labute approximate surface area is 137 Å². The van der Waals surface area contributed by atoms with Gasteiger partial charge in [0.25, 0.3) is 0 Å². The van der Waals surface area contributed by atoms with Gasteiger partial charge in [0.05, 0.1) is 18.2 Å². The van der Waals surface area contributed by atoms with Gasteiger partial charge < -0.3 is 20.1 Å². The van der Waals surface area contributed by atoms with E-state index < -0.39 is 12.0 Å². The van der Waals surface area contributed by atoms with Crippen molar-refractivity contribution in [3.63, 3.8) is 0 Å². The molecule has 0 spiro atoms. The maximum Gasteiger partial charge on any atom is 0.338 e. The molecule has 0 fully saturated rings. The summed E-state index contributed by atoms with van der Waals surface area (Å²) in [5.41, 5.74) is 1.67. The van der Waals surface area contributed by atoms with Crippen LogP contribution in [0.5, 0.6) is 0 Å². The number of rotatable bonds is 5. The zero-order valence-corrected chi connectivity index (χ0v) is 13.9. The molecule has 6 nitrogen and oxygen atoms in total. The lowest BCUT2D eigenvalue weighted by molar-refractivity contribution is -0.140. The number of urea groups is 1. The Bertz CT molecular complexity index is 598. The number of nitrogens with one attached hydrogen (secondary N) is 2. The third kappa shape index (κ3) is 3.86. The molecule has 22 heavy (non-hydrogen) atoms. The lowest BCUT2D eigenvalue weighted by atomic mass is 9.96. The Hall–Kier alpha value is -1.86. The number of hydrogen-bond donors (Lipinski definition) is 2. The van der Waals surface area contributed by atoms with Gasteiger partial charge in [-0.1, -0.05) is 28.1 Å². The molecule has 0 saturated heterocycles. The predicted octanol–water partition coefficient (Wildman–Crippen LogP) is 2.27. The average Bonchev–Trinajstić information content (AvgIpc) is 2.47. The average molecular weight is 369 g/mol. The molecule has 1 atom stereocenters. The highest BCUT2D eigenvalue weighted by Gasteiger charge is 2.32. The lowest BCUT2D eigenvalue weighted by Gasteiger charge is -2.28. The highest BCUT2D eigenvalue weighted by Crippen LogP contribution is 2.28. The Morgan fingerprint density at radius 1 is 1.27 bits per heavy atom. The van der Waals surface area contributed by atoms with Crippen molar-refractivity contribution in [1.82, 2.24) is 10.6 Å². The van der Waals surface area contributed by atoms with Crippen LogP contribution in [0.15, 0.2) is 40.0 Å². The van der Waals surface area contributed by atoms with Crippen LogP contribution in [-0.2, 0) is 14.3 Å². The first kappa shape index (κ1) is 16.5. The maximum absolute atomic E-state index is 12.3. The smallest absolute Gasteiger partial charge is 0.338 e. The summed E-state index contributed by atoms with van der Waals surface area (Å²) in [6.45, 7) is 2.16. The number of methoxy groups -OCH3 is 1. The van der Waals surface area contributed by atoms with E-state index in [1.165, 1.54) is 7.11 Å². The number of benzene rings is 1. The molecule has 0 bridgehead atoms. The second kappa shape index (κ2) is 7.42. The van der Waals surface area contributed by atoms with E-state index in [1.807, 2.05) is 24.3 Å².